The van der Waals surface area contributed by atoms with Gasteiger partial charge in [0.25, 0.3) is 0 Å². The molecule has 0 rings (SSSR count). The van der Waals surface area contributed by atoms with Crippen molar-refractivity contribution in [2.45, 2.75) is 182 Å². The topological polar surface area (TPSA) is 23.5 Å². The van der Waals surface area contributed by atoms with Crippen LogP contribution in [0.15, 0.2) is 0 Å². The molecule has 2 heteroatoms. The van der Waals surface area contributed by atoms with E-state index in [1.165, 1.54) is 154 Å². The molecule has 0 aliphatic rings. The van der Waals surface area contributed by atoms with Crippen molar-refractivity contribution in [2.75, 3.05) is 13.1 Å². The Morgan fingerprint density at radius 3 is 0.912 bits per heavy atom. The van der Waals surface area contributed by atoms with Crippen LogP contribution in [0.2, 0.25) is 0 Å². The number of unbranched alkanes of at least 4 members (excludes halogenated alkanes) is 16. The van der Waals surface area contributed by atoms with Gasteiger partial charge in [-0.15, -0.1) is 0 Å². The molecule has 2 nitrogen and oxygen atoms in total. The van der Waals surface area contributed by atoms with E-state index >= 15 is 0 Å². The average molecular weight is 482 g/mol. The van der Waals surface area contributed by atoms with Crippen molar-refractivity contribution in [3.05, 3.63) is 0 Å². The van der Waals surface area contributed by atoms with Crippen molar-refractivity contribution in [3.8, 4) is 0 Å². The quantitative estimate of drug-likeness (QED) is 0.0886. The lowest BCUT2D eigenvalue weighted by Gasteiger charge is -2.27. The van der Waals surface area contributed by atoms with Crippen LogP contribution in [0.5, 0.6) is 0 Å². The van der Waals surface area contributed by atoms with Crippen LogP contribution in [-0.2, 0) is 0 Å². The van der Waals surface area contributed by atoms with E-state index in [1.54, 1.807) is 5.06 Å². The second-order valence-electron chi connectivity index (χ2n) is 11.4. The van der Waals surface area contributed by atoms with Gasteiger partial charge in [-0.1, -0.05) is 156 Å². The van der Waals surface area contributed by atoms with Gasteiger partial charge in [0.2, 0.25) is 0 Å². The minimum atomic E-state index is 0.683. The van der Waals surface area contributed by atoms with Crippen LogP contribution in [0.1, 0.15) is 182 Å². The van der Waals surface area contributed by atoms with Gasteiger partial charge in [-0.05, 0) is 37.5 Å². The zero-order chi connectivity index (χ0) is 25.1. The SMILES string of the molecule is CCCCCCCCC(CCCCCC)CN(O)CC(CCCCCC)CCCCCCCC. The summed E-state index contributed by atoms with van der Waals surface area (Å²) < 4.78 is 0. The molecule has 0 aromatic rings. The van der Waals surface area contributed by atoms with E-state index < -0.39 is 0 Å². The molecule has 0 aromatic carbocycles. The van der Waals surface area contributed by atoms with Crippen LogP contribution in [0, 0.1) is 11.8 Å². The summed E-state index contributed by atoms with van der Waals surface area (Å²) in [6.45, 7) is 11.0. The Labute approximate surface area is 217 Å². The van der Waals surface area contributed by atoms with Crippen LogP contribution in [0.25, 0.3) is 0 Å². The first-order valence-electron chi connectivity index (χ1n) is 16.1. The predicted octanol–water partition coefficient (Wildman–Crippen LogP) is 11.4. The summed E-state index contributed by atoms with van der Waals surface area (Å²) in [5.74, 6) is 1.37. The summed E-state index contributed by atoms with van der Waals surface area (Å²) in [7, 11) is 0. The molecular formula is C32H67NO. The highest BCUT2D eigenvalue weighted by atomic mass is 16.5. The summed E-state index contributed by atoms with van der Waals surface area (Å²) in [5, 5.41) is 12.7. The Morgan fingerprint density at radius 2 is 0.618 bits per heavy atom. The van der Waals surface area contributed by atoms with E-state index in [4.69, 9.17) is 0 Å². The van der Waals surface area contributed by atoms with Crippen LogP contribution in [0.4, 0.5) is 0 Å². The molecule has 0 bridgehead atoms. The van der Waals surface area contributed by atoms with Gasteiger partial charge in [0, 0.05) is 13.1 Å². The maximum atomic E-state index is 11.0. The molecule has 0 radical (unpaired) electrons. The molecule has 0 aromatic heterocycles. The zero-order valence-electron chi connectivity index (χ0n) is 24.4. The molecule has 0 aliphatic heterocycles. The molecule has 2 atom stereocenters. The third kappa shape index (κ3) is 23.7. The minimum absolute atomic E-state index is 0.683. The Bertz CT molecular complexity index is 338. The number of hydrogen-bond donors (Lipinski definition) is 1. The number of rotatable bonds is 28. The monoisotopic (exact) mass is 482 g/mol. The van der Waals surface area contributed by atoms with Crippen molar-refractivity contribution >= 4 is 0 Å². The molecule has 1 N–H and O–H groups in total. The fourth-order valence-electron chi connectivity index (χ4n) is 5.47. The van der Waals surface area contributed by atoms with Gasteiger partial charge in [-0.25, -0.2) is 0 Å². The summed E-state index contributed by atoms with van der Waals surface area (Å²) in [5.41, 5.74) is 0. The van der Waals surface area contributed by atoms with Crippen molar-refractivity contribution in [1.29, 1.82) is 0 Å². The van der Waals surface area contributed by atoms with Gasteiger partial charge < -0.3 is 5.21 Å². The van der Waals surface area contributed by atoms with Gasteiger partial charge in [0.15, 0.2) is 0 Å². The first kappa shape index (κ1) is 33.9. The average Bonchev–Trinajstić information content (AvgIpc) is 2.83. The van der Waals surface area contributed by atoms with Crippen LogP contribution in [0.3, 0.4) is 0 Å². The molecule has 0 amide bonds. The third-order valence-corrected chi connectivity index (χ3v) is 7.80. The van der Waals surface area contributed by atoms with Crippen LogP contribution >= 0.6 is 0 Å². The molecule has 0 saturated carbocycles. The van der Waals surface area contributed by atoms with E-state index in [9.17, 15) is 5.21 Å². The normalized spacial score (nSPS) is 13.6. The Hall–Kier alpha value is -0.0800. The highest BCUT2D eigenvalue weighted by Gasteiger charge is 2.17. The second-order valence-corrected chi connectivity index (χ2v) is 11.4. The van der Waals surface area contributed by atoms with Crippen molar-refractivity contribution in [2.24, 2.45) is 11.8 Å². The maximum absolute atomic E-state index is 11.0. The smallest absolute Gasteiger partial charge is 0.0266 e. The molecular weight excluding hydrogens is 414 g/mol. The van der Waals surface area contributed by atoms with Gasteiger partial charge >= 0.3 is 0 Å². The maximum Gasteiger partial charge on any atom is 0.0266 e. The summed E-state index contributed by atoms with van der Waals surface area (Å²) in [6, 6.07) is 0. The Kier molecular flexibility index (Phi) is 27.4. The second kappa shape index (κ2) is 27.5. The van der Waals surface area contributed by atoms with E-state index in [-0.39, 0.29) is 0 Å². The highest BCUT2D eigenvalue weighted by Crippen LogP contribution is 2.23. The van der Waals surface area contributed by atoms with E-state index in [1.807, 2.05) is 0 Å². The molecule has 0 fully saturated rings. The van der Waals surface area contributed by atoms with E-state index in [0.29, 0.717) is 11.8 Å². The molecule has 0 spiro atoms. The van der Waals surface area contributed by atoms with Crippen LogP contribution < -0.4 is 0 Å². The number of nitrogens with zero attached hydrogens (tertiary/aromatic N) is 1. The Morgan fingerprint density at radius 1 is 0.382 bits per heavy atom. The van der Waals surface area contributed by atoms with Crippen LogP contribution in [-0.4, -0.2) is 23.4 Å². The zero-order valence-corrected chi connectivity index (χ0v) is 24.4. The number of hydrogen-bond acceptors (Lipinski definition) is 2. The number of hydroxylamine groups is 2. The van der Waals surface area contributed by atoms with Crippen molar-refractivity contribution in [3.63, 3.8) is 0 Å². The molecule has 0 saturated heterocycles. The van der Waals surface area contributed by atoms with Gasteiger partial charge in [0.05, 0.1) is 0 Å². The van der Waals surface area contributed by atoms with E-state index in [0.717, 1.165) is 13.1 Å². The third-order valence-electron chi connectivity index (χ3n) is 7.80. The minimum Gasteiger partial charge on any atom is -0.314 e. The standard InChI is InChI=1S/C32H67NO/c1-5-9-13-17-19-23-27-31(25-21-15-11-7-3)29-33(34)30-32(26-22-16-12-8-4)28-24-20-18-14-10-6-2/h31-32,34H,5-30H2,1-4H3. The lowest BCUT2D eigenvalue weighted by Crippen LogP contribution is -2.31. The molecule has 34 heavy (non-hydrogen) atoms. The molecule has 206 valence electrons. The summed E-state index contributed by atoms with van der Waals surface area (Å²) in [6.07, 6.45) is 32.6. The Balaban J connectivity index is 4.52. The molecule has 0 aliphatic carbocycles. The van der Waals surface area contributed by atoms with Gasteiger partial charge in [-0.2, -0.15) is 5.06 Å². The highest BCUT2D eigenvalue weighted by molar-refractivity contribution is 4.68. The summed E-state index contributed by atoms with van der Waals surface area (Å²) in [4.78, 5) is 0. The first-order valence-corrected chi connectivity index (χ1v) is 16.1. The lowest BCUT2D eigenvalue weighted by atomic mass is 9.92. The van der Waals surface area contributed by atoms with Gasteiger partial charge in [0.1, 0.15) is 0 Å². The van der Waals surface area contributed by atoms with E-state index in [2.05, 4.69) is 27.7 Å². The molecule has 0 heterocycles. The lowest BCUT2D eigenvalue weighted by molar-refractivity contribution is -0.114. The van der Waals surface area contributed by atoms with Crippen molar-refractivity contribution in [1.82, 2.24) is 5.06 Å². The fraction of sp³-hybridized carbons (Fsp3) is 1.00. The van der Waals surface area contributed by atoms with Gasteiger partial charge in [-0.3, -0.25) is 0 Å². The fourth-order valence-corrected chi connectivity index (χ4v) is 5.47. The predicted molar refractivity (Wildman–Crippen MR) is 154 cm³/mol. The largest absolute Gasteiger partial charge is 0.314 e. The molecule has 2 unspecified atom stereocenters. The van der Waals surface area contributed by atoms with Crippen molar-refractivity contribution < 1.29 is 5.21 Å². The summed E-state index contributed by atoms with van der Waals surface area (Å²) >= 11 is 0. The first-order chi connectivity index (χ1) is 16.7.